The van der Waals surface area contributed by atoms with Crippen LogP contribution in [-0.2, 0) is 0 Å². The Bertz CT molecular complexity index is 3110. The minimum Gasteiger partial charge on any atom is -0.292 e. The smallest absolute Gasteiger partial charge is 0.146 e. The van der Waals surface area contributed by atoms with Crippen LogP contribution in [-0.4, -0.2) is 14.4 Å². The zero-order valence-electron chi connectivity index (χ0n) is 26.4. The van der Waals surface area contributed by atoms with Crippen molar-refractivity contribution >= 4 is 81.6 Å². The lowest BCUT2D eigenvalue weighted by atomic mass is 9.84. The molecular formula is C46H27N3. The second-order valence-corrected chi connectivity index (χ2v) is 12.9. The number of para-hydroxylation sites is 2. The molecule has 49 heavy (non-hydrogen) atoms. The van der Waals surface area contributed by atoms with Gasteiger partial charge in [-0.2, -0.15) is 0 Å². The van der Waals surface area contributed by atoms with Crippen LogP contribution < -0.4 is 0 Å². The molecule has 0 saturated heterocycles. The standard InChI is InChI=1S/C46H27N3/c1-2-14-31-28(11-1)12-9-19-32(31)43-35-17-5-3-15-33(35)42(34-16-4-6-18-36(34)43)30-23-25-40-38(27-30)44-37(24-22-29-13-10-26-47-45(29)44)46-48-39-20-7-8-21-41(39)49(40)46/h1-27H. The van der Waals surface area contributed by atoms with Gasteiger partial charge in [0.15, 0.2) is 0 Å². The molecule has 0 N–H and O–H groups in total. The van der Waals surface area contributed by atoms with Gasteiger partial charge in [0, 0.05) is 27.7 Å². The van der Waals surface area contributed by atoms with Gasteiger partial charge in [-0.05, 0) is 91.0 Å². The van der Waals surface area contributed by atoms with E-state index in [0.29, 0.717) is 0 Å². The monoisotopic (exact) mass is 621 g/mol. The Morgan fingerprint density at radius 3 is 1.92 bits per heavy atom. The number of pyridine rings is 2. The molecule has 11 rings (SSSR count). The van der Waals surface area contributed by atoms with Gasteiger partial charge in [0.1, 0.15) is 5.65 Å². The third kappa shape index (κ3) is 3.67. The zero-order chi connectivity index (χ0) is 32.1. The van der Waals surface area contributed by atoms with Crippen LogP contribution in [0.5, 0.6) is 0 Å². The maximum Gasteiger partial charge on any atom is 0.146 e. The van der Waals surface area contributed by atoms with Crippen LogP contribution in [0.25, 0.3) is 104 Å². The average Bonchev–Trinajstić information content (AvgIpc) is 3.56. The molecular weight excluding hydrogens is 595 g/mol. The van der Waals surface area contributed by atoms with Gasteiger partial charge in [-0.15, -0.1) is 0 Å². The van der Waals surface area contributed by atoms with Crippen molar-refractivity contribution in [3.8, 4) is 22.3 Å². The Morgan fingerprint density at radius 2 is 1.10 bits per heavy atom. The van der Waals surface area contributed by atoms with Crippen LogP contribution in [0, 0.1) is 0 Å². The lowest BCUT2D eigenvalue weighted by molar-refractivity contribution is 1.31. The summed E-state index contributed by atoms with van der Waals surface area (Å²) < 4.78 is 2.32. The number of benzene rings is 8. The summed E-state index contributed by atoms with van der Waals surface area (Å²) >= 11 is 0. The van der Waals surface area contributed by atoms with E-state index in [9.17, 15) is 0 Å². The highest BCUT2D eigenvalue weighted by atomic mass is 15.0. The molecule has 3 nitrogen and oxygen atoms in total. The molecule has 0 atom stereocenters. The Hall–Kier alpha value is -6.58. The average molecular weight is 622 g/mol. The highest BCUT2D eigenvalue weighted by Crippen LogP contribution is 2.46. The van der Waals surface area contributed by atoms with Gasteiger partial charge in [0.2, 0.25) is 0 Å². The van der Waals surface area contributed by atoms with Crippen molar-refractivity contribution in [1.82, 2.24) is 14.4 Å². The molecule has 0 unspecified atom stereocenters. The van der Waals surface area contributed by atoms with E-state index >= 15 is 0 Å². The van der Waals surface area contributed by atoms with Gasteiger partial charge in [-0.3, -0.25) is 9.38 Å². The van der Waals surface area contributed by atoms with Gasteiger partial charge < -0.3 is 0 Å². The molecule has 8 aromatic carbocycles. The van der Waals surface area contributed by atoms with Crippen LogP contribution in [0.15, 0.2) is 164 Å². The van der Waals surface area contributed by atoms with Crippen LogP contribution in [0.4, 0.5) is 0 Å². The molecule has 0 aliphatic rings. The molecule has 0 aliphatic carbocycles. The van der Waals surface area contributed by atoms with Gasteiger partial charge in [-0.25, -0.2) is 4.98 Å². The van der Waals surface area contributed by atoms with E-state index in [0.717, 1.165) is 43.9 Å². The van der Waals surface area contributed by atoms with E-state index in [-0.39, 0.29) is 0 Å². The summed E-state index contributed by atoms with van der Waals surface area (Å²) in [7, 11) is 0. The number of fused-ring (bicyclic) bond motifs is 13. The summed E-state index contributed by atoms with van der Waals surface area (Å²) in [4.78, 5) is 10.1. The quantitative estimate of drug-likeness (QED) is 0.142. The minimum atomic E-state index is 0.958. The van der Waals surface area contributed by atoms with E-state index in [4.69, 9.17) is 9.97 Å². The third-order valence-electron chi connectivity index (χ3n) is 10.4. The van der Waals surface area contributed by atoms with Gasteiger partial charge in [0.05, 0.1) is 22.1 Å². The van der Waals surface area contributed by atoms with E-state index in [1.54, 1.807) is 0 Å². The summed E-state index contributed by atoms with van der Waals surface area (Å²) in [6.45, 7) is 0. The van der Waals surface area contributed by atoms with Crippen molar-refractivity contribution in [2.75, 3.05) is 0 Å². The molecule has 0 spiro atoms. The summed E-state index contributed by atoms with van der Waals surface area (Å²) in [5.41, 5.74) is 10.1. The highest BCUT2D eigenvalue weighted by Gasteiger charge is 2.20. The largest absolute Gasteiger partial charge is 0.292 e. The Labute approximate surface area is 281 Å². The molecule has 3 heteroatoms. The Morgan fingerprint density at radius 1 is 0.429 bits per heavy atom. The maximum absolute atomic E-state index is 5.16. The first-order chi connectivity index (χ1) is 24.3. The molecule has 11 aromatic rings. The second-order valence-electron chi connectivity index (χ2n) is 12.9. The number of rotatable bonds is 2. The van der Waals surface area contributed by atoms with Crippen molar-refractivity contribution in [2.45, 2.75) is 0 Å². The van der Waals surface area contributed by atoms with Gasteiger partial charge in [-0.1, -0.05) is 121 Å². The number of hydrogen-bond acceptors (Lipinski definition) is 2. The SMILES string of the molecule is c1ccc2c(-c3c4ccccc4c(-c4ccc5c(c4)c4c(ccc6cccnc64)c4nc6ccccc6n54)c4ccccc34)cccc2c1. The molecule has 0 bridgehead atoms. The van der Waals surface area contributed by atoms with Crippen LogP contribution >= 0.6 is 0 Å². The van der Waals surface area contributed by atoms with Gasteiger partial charge in [0.25, 0.3) is 0 Å². The van der Waals surface area contributed by atoms with Gasteiger partial charge >= 0.3 is 0 Å². The fraction of sp³-hybridized carbons (Fsp3) is 0. The van der Waals surface area contributed by atoms with E-state index in [2.05, 4.69) is 156 Å². The summed E-state index contributed by atoms with van der Waals surface area (Å²) in [5.74, 6) is 0. The lowest BCUT2D eigenvalue weighted by Crippen LogP contribution is -1.95. The highest BCUT2D eigenvalue weighted by molar-refractivity contribution is 6.26. The normalized spacial score (nSPS) is 12.1. The van der Waals surface area contributed by atoms with E-state index in [1.807, 2.05) is 12.3 Å². The van der Waals surface area contributed by atoms with Crippen LogP contribution in [0.2, 0.25) is 0 Å². The number of nitrogens with zero attached hydrogens (tertiary/aromatic N) is 3. The zero-order valence-corrected chi connectivity index (χ0v) is 26.4. The molecule has 3 heterocycles. The van der Waals surface area contributed by atoms with Crippen molar-refractivity contribution in [3.05, 3.63) is 164 Å². The maximum atomic E-state index is 5.16. The summed E-state index contributed by atoms with van der Waals surface area (Å²) in [6.07, 6.45) is 1.90. The van der Waals surface area contributed by atoms with Crippen molar-refractivity contribution < 1.29 is 0 Å². The number of hydrogen-bond donors (Lipinski definition) is 0. The first-order valence-corrected chi connectivity index (χ1v) is 16.8. The predicted molar refractivity (Wildman–Crippen MR) is 206 cm³/mol. The molecule has 0 saturated carbocycles. The van der Waals surface area contributed by atoms with E-state index in [1.165, 1.54) is 60.0 Å². The molecule has 0 radical (unpaired) electrons. The van der Waals surface area contributed by atoms with Crippen LogP contribution in [0.1, 0.15) is 0 Å². The van der Waals surface area contributed by atoms with E-state index < -0.39 is 0 Å². The topological polar surface area (TPSA) is 30.2 Å². The fourth-order valence-corrected chi connectivity index (χ4v) is 8.31. The molecule has 0 fully saturated rings. The first-order valence-electron chi connectivity index (χ1n) is 16.8. The molecule has 3 aromatic heterocycles. The first kappa shape index (κ1) is 26.5. The third-order valence-corrected chi connectivity index (χ3v) is 10.4. The second kappa shape index (κ2) is 9.96. The Kier molecular flexibility index (Phi) is 5.38. The predicted octanol–water partition coefficient (Wildman–Crippen LogP) is 12.1. The molecule has 226 valence electrons. The van der Waals surface area contributed by atoms with Crippen LogP contribution in [0.3, 0.4) is 0 Å². The fourth-order valence-electron chi connectivity index (χ4n) is 8.31. The van der Waals surface area contributed by atoms with Crippen molar-refractivity contribution in [2.24, 2.45) is 0 Å². The van der Waals surface area contributed by atoms with Crippen molar-refractivity contribution in [1.29, 1.82) is 0 Å². The Balaban J connectivity index is 1.31. The number of imidazole rings is 1. The van der Waals surface area contributed by atoms with Crippen molar-refractivity contribution in [3.63, 3.8) is 0 Å². The minimum absolute atomic E-state index is 0.958. The molecule has 0 aliphatic heterocycles. The number of aromatic nitrogens is 3. The lowest BCUT2D eigenvalue weighted by Gasteiger charge is -2.19. The molecule has 0 amide bonds. The summed E-state index contributed by atoms with van der Waals surface area (Å²) in [6, 6.07) is 57.2. The summed E-state index contributed by atoms with van der Waals surface area (Å²) in [5, 5.41) is 12.0.